The van der Waals surface area contributed by atoms with Crippen molar-refractivity contribution in [1.82, 2.24) is 14.7 Å². The summed E-state index contributed by atoms with van der Waals surface area (Å²) in [4.78, 5) is 34.1. The Labute approximate surface area is 200 Å². The van der Waals surface area contributed by atoms with Gasteiger partial charge in [0.25, 0.3) is 5.91 Å². The van der Waals surface area contributed by atoms with Gasteiger partial charge in [-0.3, -0.25) is 14.5 Å². The van der Waals surface area contributed by atoms with E-state index in [4.69, 9.17) is 9.47 Å². The van der Waals surface area contributed by atoms with Gasteiger partial charge in [0.2, 0.25) is 12.0 Å². The van der Waals surface area contributed by atoms with Gasteiger partial charge in [0.05, 0.1) is 6.54 Å². The van der Waals surface area contributed by atoms with Gasteiger partial charge in [-0.15, -0.1) is 0 Å². The second-order valence-electron chi connectivity index (χ2n) is 9.17. The lowest BCUT2D eigenvalue weighted by atomic mass is 10.2. The fourth-order valence-electron chi connectivity index (χ4n) is 4.80. The van der Waals surface area contributed by atoms with Gasteiger partial charge in [-0.1, -0.05) is 24.3 Å². The summed E-state index contributed by atoms with van der Waals surface area (Å²) in [5.41, 5.74) is 2.48. The number of fused-ring (bicyclic) bond motifs is 1. The van der Waals surface area contributed by atoms with Crippen LogP contribution in [0.5, 0.6) is 11.5 Å². The fraction of sp³-hybridized carbons (Fsp3) is 0.462. The third kappa shape index (κ3) is 4.97. The van der Waals surface area contributed by atoms with Crippen molar-refractivity contribution >= 4 is 17.5 Å². The highest BCUT2D eigenvalue weighted by atomic mass is 16.6. The van der Waals surface area contributed by atoms with Crippen LogP contribution in [0.4, 0.5) is 5.69 Å². The molecule has 0 bridgehead atoms. The number of carbonyl (C=O) groups excluding carboxylic acids is 2. The predicted octanol–water partition coefficient (Wildman–Crippen LogP) is 1.63. The quantitative estimate of drug-likeness (QED) is 0.685. The Morgan fingerprint density at radius 2 is 1.56 bits per heavy atom. The molecule has 3 aliphatic rings. The molecule has 2 saturated heterocycles. The van der Waals surface area contributed by atoms with Crippen LogP contribution in [0.3, 0.4) is 0 Å². The van der Waals surface area contributed by atoms with Crippen LogP contribution in [0.25, 0.3) is 0 Å². The van der Waals surface area contributed by atoms with Crippen LogP contribution in [-0.4, -0.2) is 98.1 Å². The number of anilines is 1. The first-order chi connectivity index (χ1) is 16.6. The second-order valence-corrected chi connectivity index (χ2v) is 9.17. The number of nitrogens with zero attached hydrogens (tertiary/aromatic N) is 4. The number of piperazine rings is 2. The van der Waals surface area contributed by atoms with Crippen molar-refractivity contribution < 1.29 is 19.1 Å². The third-order valence-electron chi connectivity index (χ3n) is 6.83. The van der Waals surface area contributed by atoms with Crippen molar-refractivity contribution in [1.29, 1.82) is 0 Å². The van der Waals surface area contributed by atoms with Crippen LogP contribution >= 0.6 is 0 Å². The molecule has 8 heteroatoms. The molecule has 2 amide bonds. The zero-order valence-corrected chi connectivity index (χ0v) is 19.7. The number of hydrogen-bond acceptors (Lipinski definition) is 6. The van der Waals surface area contributed by atoms with Crippen LogP contribution < -0.4 is 14.4 Å². The van der Waals surface area contributed by atoms with E-state index in [1.807, 2.05) is 34.1 Å². The van der Waals surface area contributed by atoms with Crippen molar-refractivity contribution in [2.45, 2.75) is 13.0 Å². The zero-order chi connectivity index (χ0) is 23.5. The average Bonchev–Trinajstić information content (AvgIpc) is 2.88. The summed E-state index contributed by atoms with van der Waals surface area (Å²) in [6.45, 7) is 8.47. The van der Waals surface area contributed by atoms with E-state index in [1.54, 1.807) is 0 Å². The van der Waals surface area contributed by atoms with Gasteiger partial charge >= 0.3 is 0 Å². The molecule has 3 heterocycles. The Morgan fingerprint density at radius 1 is 0.853 bits per heavy atom. The van der Waals surface area contributed by atoms with Gasteiger partial charge in [-0.25, -0.2) is 0 Å². The molecule has 0 saturated carbocycles. The highest BCUT2D eigenvalue weighted by molar-refractivity contribution is 5.82. The Bertz CT molecular complexity index is 1030. The number of hydrogen-bond donors (Lipinski definition) is 0. The molecule has 0 spiro atoms. The smallest absolute Gasteiger partial charge is 0.267 e. The number of para-hydroxylation sites is 2. The molecule has 5 rings (SSSR count). The molecule has 0 aliphatic carbocycles. The maximum Gasteiger partial charge on any atom is 0.267 e. The summed E-state index contributed by atoms with van der Waals surface area (Å²) in [5.74, 6) is 1.41. The number of amides is 2. The summed E-state index contributed by atoms with van der Waals surface area (Å²) >= 11 is 0. The van der Waals surface area contributed by atoms with Gasteiger partial charge in [-0.05, 0) is 36.8 Å². The number of carbonyl (C=O) groups is 2. The molecule has 180 valence electrons. The van der Waals surface area contributed by atoms with Gasteiger partial charge < -0.3 is 24.2 Å². The molecule has 0 aromatic heterocycles. The highest BCUT2D eigenvalue weighted by Crippen LogP contribution is 2.31. The van der Waals surface area contributed by atoms with E-state index in [2.05, 4.69) is 41.0 Å². The largest absolute Gasteiger partial charge is 0.485 e. The van der Waals surface area contributed by atoms with Gasteiger partial charge in [0.15, 0.2) is 11.5 Å². The van der Waals surface area contributed by atoms with E-state index in [9.17, 15) is 9.59 Å². The first-order valence-electron chi connectivity index (χ1n) is 12.1. The number of ether oxygens (including phenoxy) is 2. The minimum absolute atomic E-state index is 0.0484. The molecule has 2 aromatic carbocycles. The Kier molecular flexibility index (Phi) is 6.58. The predicted molar refractivity (Wildman–Crippen MR) is 129 cm³/mol. The van der Waals surface area contributed by atoms with Gasteiger partial charge in [-0.2, -0.15) is 0 Å². The summed E-state index contributed by atoms with van der Waals surface area (Å²) < 4.78 is 11.6. The zero-order valence-electron chi connectivity index (χ0n) is 19.7. The molecule has 34 heavy (non-hydrogen) atoms. The van der Waals surface area contributed by atoms with Gasteiger partial charge in [0, 0.05) is 58.0 Å². The monoisotopic (exact) mass is 464 g/mol. The normalized spacial score (nSPS) is 20.9. The van der Waals surface area contributed by atoms with E-state index in [1.165, 1.54) is 11.3 Å². The molecule has 1 unspecified atom stereocenters. The number of aryl methyl sites for hydroxylation is 1. The van der Waals surface area contributed by atoms with Crippen molar-refractivity contribution in [3.8, 4) is 11.5 Å². The standard InChI is InChI=1S/C26H32N4O4/c1-20-5-4-6-21(17-20)28-13-15-29(16-14-28)25(31)18-27-9-11-30(12-10-27)26(32)24-19-33-22-7-2-3-8-23(22)34-24/h2-8,17,24H,9-16,18-19H2,1H3. The number of rotatable bonds is 4. The van der Waals surface area contributed by atoms with Crippen LogP contribution in [0.2, 0.25) is 0 Å². The first-order valence-corrected chi connectivity index (χ1v) is 12.1. The average molecular weight is 465 g/mol. The molecular formula is C26H32N4O4. The first kappa shape index (κ1) is 22.5. The molecule has 8 nitrogen and oxygen atoms in total. The topological polar surface area (TPSA) is 65.6 Å². The van der Waals surface area contributed by atoms with Crippen molar-refractivity contribution in [2.75, 3.05) is 70.4 Å². The maximum absolute atomic E-state index is 12.9. The highest BCUT2D eigenvalue weighted by Gasteiger charge is 2.33. The number of benzene rings is 2. The fourth-order valence-corrected chi connectivity index (χ4v) is 4.80. The Morgan fingerprint density at radius 3 is 2.29 bits per heavy atom. The second kappa shape index (κ2) is 9.93. The molecule has 1 atom stereocenters. The van der Waals surface area contributed by atoms with Crippen LogP contribution in [0.15, 0.2) is 48.5 Å². The minimum Gasteiger partial charge on any atom is -0.485 e. The molecule has 2 aromatic rings. The minimum atomic E-state index is -0.618. The van der Waals surface area contributed by atoms with E-state index >= 15 is 0 Å². The lowest BCUT2D eigenvalue weighted by molar-refractivity contribution is -0.143. The molecule has 2 fully saturated rings. The lowest BCUT2D eigenvalue weighted by Crippen LogP contribution is -2.56. The van der Waals surface area contributed by atoms with Crippen molar-refractivity contribution in [2.24, 2.45) is 0 Å². The molecule has 3 aliphatic heterocycles. The summed E-state index contributed by atoms with van der Waals surface area (Å²) in [5, 5.41) is 0. The van der Waals surface area contributed by atoms with Crippen LogP contribution in [0, 0.1) is 6.92 Å². The summed E-state index contributed by atoms with van der Waals surface area (Å²) in [7, 11) is 0. The van der Waals surface area contributed by atoms with E-state index in [0.717, 1.165) is 26.2 Å². The molecule has 0 N–H and O–H groups in total. The van der Waals surface area contributed by atoms with E-state index in [-0.39, 0.29) is 18.4 Å². The Hall–Kier alpha value is -3.26. The summed E-state index contributed by atoms with van der Waals surface area (Å²) in [6.07, 6.45) is -0.618. The molecule has 0 radical (unpaired) electrons. The summed E-state index contributed by atoms with van der Waals surface area (Å²) in [6, 6.07) is 15.9. The van der Waals surface area contributed by atoms with Gasteiger partial charge in [0.1, 0.15) is 6.61 Å². The lowest BCUT2D eigenvalue weighted by Gasteiger charge is -2.39. The third-order valence-corrected chi connectivity index (χ3v) is 6.83. The van der Waals surface area contributed by atoms with E-state index in [0.29, 0.717) is 44.2 Å². The van der Waals surface area contributed by atoms with E-state index < -0.39 is 6.10 Å². The van der Waals surface area contributed by atoms with Crippen LogP contribution in [-0.2, 0) is 9.59 Å². The van der Waals surface area contributed by atoms with Crippen LogP contribution in [0.1, 0.15) is 5.56 Å². The Balaban J connectivity index is 1.06. The van der Waals surface area contributed by atoms with Crippen molar-refractivity contribution in [3.05, 3.63) is 54.1 Å². The van der Waals surface area contributed by atoms with Crippen molar-refractivity contribution in [3.63, 3.8) is 0 Å². The SMILES string of the molecule is Cc1cccc(N2CCN(C(=O)CN3CCN(C(=O)C4COc5ccccc5O4)CC3)CC2)c1. The molecular weight excluding hydrogens is 432 g/mol. The maximum atomic E-state index is 12.9.